The molecule has 1 unspecified atom stereocenters. The van der Waals surface area contributed by atoms with Gasteiger partial charge in [0.15, 0.2) is 0 Å². The van der Waals surface area contributed by atoms with E-state index in [2.05, 4.69) is 0 Å². The smallest absolute Gasteiger partial charge is 0.0522 e. The highest BCUT2D eigenvalue weighted by Gasteiger charge is 2.29. The van der Waals surface area contributed by atoms with Gasteiger partial charge in [0.1, 0.15) is 0 Å². The summed E-state index contributed by atoms with van der Waals surface area (Å²) in [6, 6.07) is 1.19. The lowest BCUT2D eigenvalue weighted by molar-refractivity contribution is 1.06. The van der Waals surface area contributed by atoms with Crippen LogP contribution in [0.15, 0.2) is 0 Å². The average Bonchev–Trinajstić information content (AvgIpc) is 1.79. The van der Waals surface area contributed by atoms with Crippen molar-refractivity contribution in [1.82, 2.24) is 0 Å². The van der Waals surface area contributed by atoms with Crippen molar-refractivity contribution >= 4 is 0 Å². The normalized spacial score (nSPS) is 38.4. The number of nitrogens with two attached hydrogens (primary N) is 2. The van der Waals surface area contributed by atoms with Gasteiger partial charge >= 0.3 is 0 Å². The van der Waals surface area contributed by atoms with Crippen LogP contribution in [0.3, 0.4) is 0 Å². The van der Waals surface area contributed by atoms with Gasteiger partial charge in [0.2, 0.25) is 0 Å². The second kappa shape index (κ2) is 0.698. The summed E-state index contributed by atoms with van der Waals surface area (Å²) >= 11 is 0. The van der Waals surface area contributed by atoms with Crippen LogP contribution in [-0.2, 0) is 0 Å². The number of rotatable bonds is 0. The molecule has 2 heteroatoms. The van der Waals surface area contributed by atoms with Crippen LogP contribution in [0.1, 0.15) is 6.42 Å². The Labute approximate surface area is 31.1 Å². The molecule has 0 aliphatic heterocycles. The summed E-state index contributed by atoms with van der Waals surface area (Å²) in [5.41, 5.74) is 10.4. The molecule has 1 radical (unpaired) electrons. The molecule has 1 saturated carbocycles. The van der Waals surface area contributed by atoms with E-state index in [-0.39, 0.29) is 6.04 Å². The SMILES string of the molecule is N[C]1CC1N. The zero-order valence-electron chi connectivity index (χ0n) is 2.94. The molecule has 0 aromatic rings. The molecule has 0 spiro atoms. The first-order chi connectivity index (χ1) is 2.30. The summed E-state index contributed by atoms with van der Waals surface area (Å²) in [7, 11) is 0. The second-order valence-electron chi connectivity index (χ2n) is 1.39. The van der Waals surface area contributed by atoms with Crippen molar-refractivity contribution in [2.75, 3.05) is 0 Å². The van der Waals surface area contributed by atoms with Gasteiger partial charge in [-0.25, -0.2) is 0 Å². The van der Waals surface area contributed by atoms with E-state index in [0.29, 0.717) is 0 Å². The fourth-order valence-electron chi connectivity index (χ4n) is 0.195. The van der Waals surface area contributed by atoms with Crippen LogP contribution in [0.4, 0.5) is 0 Å². The molecule has 0 saturated heterocycles. The molecule has 1 atom stereocenters. The Hall–Kier alpha value is -0.0800. The van der Waals surface area contributed by atoms with Gasteiger partial charge in [0, 0.05) is 6.04 Å². The molecule has 1 aliphatic carbocycles. The van der Waals surface area contributed by atoms with Crippen molar-refractivity contribution in [3.05, 3.63) is 6.04 Å². The first kappa shape index (κ1) is 3.12. The molecular weight excluding hydrogens is 64.0 g/mol. The van der Waals surface area contributed by atoms with Crippen molar-refractivity contribution in [2.24, 2.45) is 11.5 Å². The second-order valence-corrected chi connectivity index (χ2v) is 1.39. The highest BCUT2D eigenvalue weighted by atomic mass is 14.9. The maximum atomic E-state index is 5.20. The summed E-state index contributed by atoms with van der Waals surface area (Å²) < 4.78 is 0. The quantitative estimate of drug-likeness (QED) is 0.393. The Morgan fingerprint density at radius 1 is 1.80 bits per heavy atom. The van der Waals surface area contributed by atoms with E-state index in [9.17, 15) is 0 Å². The standard InChI is InChI=1S/C3H7N2/c4-2-1-3(2)5/h2H,1,4-5H2. The topological polar surface area (TPSA) is 52.0 Å². The minimum Gasteiger partial charge on any atom is -0.326 e. The van der Waals surface area contributed by atoms with Gasteiger partial charge in [-0.3, -0.25) is 0 Å². The summed E-state index contributed by atoms with van der Waals surface area (Å²) in [5, 5.41) is 0. The molecule has 5 heavy (non-hydrogen) atoms. The van der Waals surface area contributed by atoms with Gasteiger partial charge in [0.05, 0.1) is 6.04 Å². The monoisotopic (exact) mass is 71.1 g/mol. The van der Waals surface area contributed by atoms with Gasteiger partial charge in [0.25, 0.3) is 0 Å². The van der Waals surface area contributed by atoms with E-state index in [0.717, 1.165) is 12.5 Å². The summed E-state index contributed by atoms with van der Waals surface area (Å²) in [5.74, 6) is 0. The average molecular weight is 71.1 g/mol. The Morgan fingerprint density at radius 3 is 2.00 bits per heavy atom. The Balaban J connectivity index is 2.20. The first-order valence-electron chi connectivity index (χ1n) is 1.67. The molecule has 29 valence electrons. The third-order valence-corrected chi connectivity index (χ3v) is 0.772. The first-order valence-corrected chi connectivity index (χ1v) is 1.67. The van der Waals surface area contributed by atoms with Gasteiger partial charge in [-0.05, 0) is 6.42 Å². The van der Waals surface area contributed by atoms with Crippen molar-refractivity contribution in [1.29, 1.82) is 0 Å². The van der Waals surface area contributed by atoms with Gasteiger partial charge in [-0.1, -0.05) is 0 Å². The zero-order chi connectivity index (χ0) is 3.86. The molecule has 2 nitrogen and oxygen atoms in total. The molecule has 1 aliphatic rings. The molecule has 1 rings (SSSR count). The van der Waals surface area contributed by atoms with Crippen LogP contribution >= 0.6 is 0 Å². The molecule has 0 aromatic carbocycles. The van der Waals surface area contributed by atoms with Crippen molar-refractivity contribution in [3.63, 3.8) is 0 Å². The minimum absolute atomic E-state index is 0.245. The van der Waals surface area contributed by atoms with Crippen LogP contribution < -0.4 is 11.5 Å². The maximum absolute atomic E-state index is 5.20. The van der Waals surface area contributed by atoms with Crippen LogP contribution in [0, 0.1) is 6.04 Å². The predicted octanol–water partition coefficient (Wildman–Crippen LogP) is -0.792. The third kappa shape index (κ3) is 0.412. The lowest BCUT2D eigenvalue weighted by Crippen LogP contribution is -2.05. The zero-order valence-corrected chi connectivity index (χ0v) is 2.94. The van der Waals surface area contributed by atoms with Crippen LogP contribution in [0.5, 0.6) is 0 Å². The Bertz CT molecular complexity index is 38.2. The summed E-state index contributed by atoms with van der Waals surface area (Å²) in [6.07, 6.45) is 0.944. The van der Waals surface area contributed by atoms with Gasteiger partial charge in [-0.15, -0.1) is 0 Å². The van der Waals surface area contributed by atoms with Crippen molar-refractivity contribution in [3.8, 4) is 0 Å². The number of hydrogen-bond acceptors (Lipinski definition) is 2. The molecule has 4 N–H and O–H groups in total. The predicted molar refractivity (Wildman–Crippen MR) is 20.0 cm³/mol. The molecule has 0 heterocycles. The summed E-state index contributed by atoms with van der Waals surface area (Å²) in [6.45, 7) is 0. The van der Waals surface area contributed by atoms with E-state index in [1.54, 1.807) is 0 Å². The molecule has 1 fully saturated rings. The summed E-state index contributed by atoms with van der Waals surface area (Å²) in [4.78, 5) is 0. The molecular formula is C3H7N2. The Kier molecular flexibility index (Phi) is 0.436. The van der Waals surface area contributed by atoms with Crippen molar-refractivity contribution < 1.29 is 0 Å². The number of hydrogen-bond donors (Lipinski definition) is 2. The molecule has 0 aromatic heterocycles. The Morgan fingerprint density at radius 2 is 2.00 bits per heavy atom. The van der Waals surface area contributed by atoms with Crippen LogP contribution in [-0.4, -0.2) is 6.04 Å². The highest BCUT2D eigenvalue weighted by Crippen LogP contribution is 2.22. The largest absolute Gasteiger partial charge is 0.326 e. The van der Waals surface area contributed by atoms with E-state index in [4.69, 9.17) is 11.5 Å². The fraction of sp³-hybridized carbons (Fsp3) is 0.667. The maximum Gasteiger partial charge on any atom is 0.0522 e. The molecule has 0 bridgehead atoms. The minimum atomic E-state index is 0.245. The lowest BCUT2D eigenvalue weighted by Gasteiger charge is -1.69. The van der Waals surface area contributed by atoms with Gasteiger partial charge < -0.3 is 11.5 Å². The lowest BCUT2D eigenvalue weighted by atomic mass is 10.7. The van der Waals surface area contributed by atoms with E-state index < -0.39 is 0 Å². The van der Waals surface area contributed by atoms with Crippen LogP contribution in [0.25, 0.3) is 0 Å². The molecule has 0 amide bonds. The van der Waals surface area contributed by atoms with Crippen LogP contribution in [0.2, 0.25) is 0 Å². The van der Waals surface area contributed by atoms with E-state index >= 15 is 0 Å². The van der Waals surface area contributed by atoms with E-state index in [1.165, 1.54) is 0 Å². The van der Waals surface area contributed by atoms with Gasteiger partial charge in [-0.2, -0.15) is 0 Å². The highest BCUT2D eigenvalue weighted by molar-refractivity contribution is 5.12. The van der Waals surface area contributed by atoms with Crippen molar-refractivity contribution in [2.45, 2.75) is 12.5 Å². The third-order valence-electron chi connectivity index (χ3n) is 0.772. The fourth-order valence-corrected chi connectivity index (χ4v) is 0.195. The van der Waals surface area contributed by atoms with E-state index in [1.807, 2.05) is 0 Å².